The van der Waals surface area contributed by atoms with Crippen molar-refractivity contribution in [3.8, 4) is 11.3 Å². The zero-order valence-electron chi connectivity index (χ0n) is 19.3. The molecule has 35 heavy (non-hydrogen) atoms. The van der Waals surface area contributed by atoms with Crippen LogP contribution in [-0.4, -0.2) is 29.9 Å². The molecule has 6 nitrogen and oxygen atoms in total. The van der Waals surface area contributed by atoms with Crippen molar-refractivity contribution in [2.75, 3.05) is 18.5 Å². The standard InChI is InChI=1S/C29H26N2O4/c32-28(20-34-19-21-7-3-1-4-8-21)30-25-13-11-22(12-14-25)27-17-24-18-31(16-15-26(24)35-27)29(33)23-9-5-2-6-10-23/h1-14,17H,15-16,18-20H2,(H,30,32). The summed E-state index contributed by atoms with van der Waals surface area (Å²) in [6, 6.07) is 28.6. The van der Waals surface area contributed by atoms with Crippen LogP contribution in [0.3, 0.4) is 0 Å². The van der Waals surface area contributed by atoms with Gasteiger partial charge in [0.05, 0.1) is 6.61 Å². The van der Waals surface area contributed by atoms with E-state index in [9.17, 15) is 9.59 Å². The van der Waals surface area contributed by atoms with E-state index < -0.39 is 0 Å². The number of fused-ring (bicyclic) bond motifs is 1. The largest absolute Gasteiger partial charge is 0.461 e. The van der Waals surface area contributed by atoms with Crippen molar-refractivity contribution in [3.63, 3.8) is 0 Å². The number of nitrogens with one attached hydrogen (secondary N) is 1. The quantitative estimate of drug-likeness (QED) is 0.401. The van der Waals surface area contributed by atoms with E-state index in [4.69, 9.17) is 9.15 Å². The Morgan fingerprint density at radius 3 is 2.37 bits per heavy atom. The number of furan rings is 1. The molecule has 0 saturated carbocycles. The summed E-state index contributed by atoms with van der Waals surface area (Å²) >= 11 is 0. The van der Waals surface area contributed by atoms with Crippen LogP contribution in [0.15, 0.2) is 95.4 Å². The lowest BCUT2D eigenvalue weighted by Gasteiger charge is -2.26. The monoisotopic (exact) mass is 466 g/mol. The summed E-state index contributed by atoms with van der Waals surface area (Å²) in [6.45, 7) is 1.54. The first-order chi connectivity index (χ1) is 17.2. The Kier molecular flexibility index (Phi) is 6.73. The van der Waals surface area contributed by atoms with E-state index >= 15 is 0 Å². The van der Waals surface area contributed by atoms with Gasteiger partial charge in [-0.05, 0) is 48.0 Å². The van der Waals surface area contributed by atoms with Crippen molar-refractivity contribution in [3.05, 3.63) is 113 Å². The summed E-state index contributed by atoms with van der Waals surface area (Å²) in [4.78, 5) is 26.9. The smallest absolute Gasteiger partial charge is 0.254 e. The Balaban J connectivity index is 1.17. The Hall–Kier alpha value is -4.16. The number of carbonyl (C=O) groups excluding carboxylic acids is 2. The van der Waals surface area contributed by atoms with Crippen LogP contribution in [-0.2, 0) is 29.1 Å². The lowest BCUT2D eigenvalue weighted by molar-refractivity contribution is -0.121. The summed E-state index contributed by atoms with van der Waals surface area (Å²) in [6.07, 6.45) is 0.686. The van der Waals surface area contributed by atoms with E-state index in [1.54, 1.807) is 0 Å². The van der Waals surface area contributed by atoms with E-state index in [2.05, 4.69) is 5.32 Å². The molecule has 1 aromatic heterocycles. The third-order valence-corrected chi connectivity index (χ3v) is 5.97. The number of anilines is 1. The summed E-state index contributed by atoms with van der Waals surface area (Å²) in [5, 5.41) is 2.85. The van der Waals surface area contributed by atoms with Crippen LogP contribution in [0.2, 0.25) is 0 Å². The Bertz CT molecular complexity index is 1300. The number of ether oxygens (including phenoxy) is 1. The molecule has 5 rings (SSSR count). The van der Waals surface area contributed by atoms with Gasteiger partial charge in [0.1, 0.15) is 18.1 Å². The van der Waals surface area contributed by atoms with Crippen LogP contribution < -0.4 is 5.32 Å². The van der Waals surface area contributed by atoms with Gasteiger partial charge in [0, 0.05) is 41.9 Å². The van der Waals surface area contributed by atoms with E-state index in [-0.39, 0.29) is 18.4 Å². The predicted molar refractivity (Wildman–Crippen MR) is 134 cm³/mol. The minimum absolute atomic E-state index is 0.0141. The molecule has 0 radical (unpaired) electrons. The molecule has 0 spiro atoms. The lowest BCUT2D eigenvalue weighted by atomic mass is 10.1. The zero-order valence-corrected chi connectivity index (χ0v) is 19.3. The van der Waals surface area contributed by atoms with Crippen molar-refractivity contribution in [2.45, 2.75) is 19.6 Å². The molecule has 1 N–H and O–H groups in total. The molecule has 176 valence electrons. The van der Waals surface area contributed by atoms with Crippen LogP contribution >= 0.6 is 0 Å². The highest BCUT2D eigenvalue weighted by Crippen LogP contribution is 2.30. The van der Waals surface area contributed by atoms with Gasteiger partial charge in [0.2, 0.25) is 5.91 Å². The fourth-order valence-electron chi connectivity index (χ4n) is 4.16. The normalized spacial score (nSPS) is 12.7. The van der Waals surface area contributed by atoms with Gasteiger partial charge in [0.25, 0.3) is 5.91 Å². The molecule has 1 aliphatic heterocycles. The maximum absolute atomic E-state index is 12.8. The second-order valence-electron chi connectivity index (χ2n) is 8.51. The Morgan fingerprint density at radius 2 is 1.63 bits per heavy atom. The number of benzene rings is 3. The fraction of sp³-hybridized carbons (Fsp3) is 0.172. The summed E-state index contributed by atoms with van der Waals surface area (Å²) in [5.41, 5.74) is 4.36. The number of nitrogens with zero attached hydrogens (tertiary/aromatic N) is 1. The highest BCUT2D eigenvalue weighted by atomic mass is 16.5. The topological polar surface area (TPSA) is 71.8 Å². The van der Waals surface area contributed by atoms with E-state index in [1.165, 1.54) is 0 Å². The summed E-state index contributed by atoms with van der Waals surface area (Å²) in [7, 11) is 0. The van der Waals surface area contributed by atoms with Gasteiger partial charge in [-0.25, -0.2) is 0 Å². The van der Waals surface area contributed by atoms with Crippen LogP contribution in [0.5, 0.6) is 0 Å². The predicted octanol–water partition coefficient (Wildman–Crippen LogP) is 5.30. The molecule has 2 amide bonds. The second kappa shape index (κ2) is 10.4. The van der Waals surface area contributed by atoms with Crippen molar-refractivity contribution < 1.29 is 18.7 Å². The Labute approximate surface area is 204 Å². The average Bonchev–Trinajstić information content (AvgIpc) is 3.33. The van der Waals surface area contributed by atoms with Crippen LogP contribution in [0, 0.1) is 0 Å². The molecule has 0 fully saturated rings. The number of hydrogen-bond donors (Lipinski definition) is 1. The van der Waals surface area contributed by atoms with Crippen molar-refractivity contribution in [1.82, 2.24) is 4.90 Å². The van der Waals surface area contributed by atoms with E-state index in [0.717, 1.165) is 28.2 Å². The molecule has 0 aliphatic carbocycles. The van der Waals surface area contributed by atoms with Gasteiger partial charge in [-0.3, -0.25) is 9.59 Å². The Morgan fingerprint density at radius 1 is 0.914 bits per heavy atom. The van der Waals surface area contributed by atoms with E-state index in [0.29, 0.717) is 37.4 Å². The van der Waals surface area contributed by atoms with Crippen molar-refractivity contribution in [2.24, 2.45) is 0 Å². The first kappa shape index (κ1) is 22.6. The number of carbonyl (C=O) groups is 2. The molecule has 2 heterocycles. The zero-order chi connectivity index (χ0) is 24.0. The van der Waals surface area contributed by atoms with Crippen molar-refractivity contribution >= 4 is 17.5 Å². The molecule has 0 saturated heterocycles. The van der Waals surface area contributed by atoms with Gasteiger partial charge >= 0.3 is 0 Å². The molecule has 3 aromatic carbocycles. The first-order valence-corrected chi connectivity index (χ1v) is 11.6. The molecule has 4 aromatic rings. The second-order valence-corrected chi connectivity index (χ2v) is 8.51. The SMILES string of the molecule is O=C(COCc1ccccc1)Nc1ccc(-c2cc3c(o2)CCN(C(=O)c2ccccc2)C3)cc1. The fourth-order valence-corrected chi connectivity index (χ4v) is 4.16. The maximum atomic E-state index is 12.8. The van der Waals surface area contributed by atoms with Gasteiger partial charge in [-0.15, -0.1) is 0 Å². The third-order valence-electron chi connectivity index (χ3n) is 5.97. The van der Waals surface area contributed by atoms with Crippen LogP contribution in [0.4, 0.5) is 5.69 Å². The number of amides is 2. The minimum Gasteiger partial charge on any atom is -0.461 e. The molecule has 0 unspecified atom stereocenters. The minimum atomic E-state index is -0.203. The van der Waals surface area contributed by atoms with Gasteiger partial charge in [0.15, 0.2) is 0 Å². The average molecular weight is 467 g/mol. The van der Waals surface area contributed by atoms with Crippen molar-refractivity contribution in [1.29, 1.82) is 0 Å². The molecular formula is C29H26N2O4. The summed E-state index contributed by atoms with van der Waals surface area (Å²) in [5.74, 6) is 1.51. The van der Waals surface area contributed by atoms with Crippen LogP contribution in [0.25, 0.3) is 11.3 Å². The molecule has 6 heteroatoms. The molecule has 0 atom stereocenters. The molecule has 0 bridgehead atoms. The van der Waals surface area contributed by atoms with E-state index in [1.807, 2.05) is 95.9 Å². The lowest BCUT2D eigenvalue weighted by Crippen LogP contribution is -2.35. The van der Waals surface area contributed by atoms with Gasteiger partial charge in [-0.2, -0.15) is 0 Å². The number of rotatable bonds is 7. The molecular weight excluding hydrogens is 440 g/mol. The maximum Gasteiger partial charge on any atom is 0.254 e. The molecule has 1 aliphatic rings. The highest BCUT2D eigenvalue weighted by molar-refractivity contribution is 5.94. The number of hydrogen-bond acceptors (Lipinski definition) is 4. The van der Waals surface area contributed by atoms with Gasteiger partial charge in [-0.1, -0.05) is 48.5 Å². The van der Waals surface area contributed by atoms with Crippen LogP contribution in [0.1, 0.15) is 27.2 Å². The third kappa shape index (κ3) is 5.50. The van der Waals surface area contributed by atoms with Gasteiger partial charge < -0.3 is 19.4 Å². The summed E-state index contributed by atoms with van der Waals surface area (Å²) < 4.78 is 11.6. The highest BCUT2D eigenvalue weighted by Gasteiger charge is 2.25. The first-order valence-electron chi connectivity index (χ1n) is 11.6.